The number of rotatable bonds is 8. The van der Waals surface area contributed by atoms with Crippen molar-refractivity contribution in [3.05, 3.63) is 58.7 Å². The monoisotopic (exact) mass is 420 g/mol. The average Bonchev–Trinajstić information content (AvgIpc) is 2.64. The summed E-state index contributed by atoms with van der Waals surface area (Å²) < 4.78 is 33.8. The van der Waals surface area contributed by atoms with Gasteiger partial charge in [0.1, 0.15) is 12.4 Å². The van der Waals surface area contributed by atoms with Gasteiger partial charge in [0.25, 0.3) is 5.91 Å². The first kappa shape index (κ1) is 22.4. The molecule has 29 heavy (non-hydrogen) atoms. The number of amides is 1. The first-order valence-corrected chi connectivity index (χ1v) is 10.4. The van der Waals surface area contributed by atoms with Crippen LogP contribution in [0.15, 0.2) is 41.3 Å². The highest BCUT2D eigenvalue weighted by Gasteiger charge is 2.18. The lowest BCUT2D eigenvalue weighted by Crippen LogP contribution is -2.32. The molecule has 8 nitrogen and oxygen atoms in total. The van der Waals surface area contributed by atoms with E-state index in [1.165, 1.54) is 6.07 Å². The van der Waals surface area contributed by atoms with Crippen LogP contribution in [0.4, 0.5) is 0 Å². The molecule has 0 aliphatic carbocycles. The molecular formula is C20H24N2O6S. The van der Waals surface area contributed by atoms with Crippen molar-refractivity contribution in [1.82, 2.24) is 5.32 Å². The van der Waals surface area contributed by atoms with E-state index in [2.05, 4.69) is 5.32 Å². The lowest BCUT2D eigenvalue weighted by molar-refractivity contribution is -0.124. The Morgan fingerprint density at radius 1 is 1.10 bits per heavy atom. The average molecular weight is 420 g/mol. The minimum absolute atomic E-state index is 0.00713. The zero-order valence-electron chi connectivity index (χ0n) is 16.5. The van der Waals surface area contributed by atoms with Crippen LogP contribution in [0.3, 0.4) is 0 Å². The van der Waals surface area contributed by atoms with Crippen LogP contribution in [0.25, 0.3) is 0 Å². The number of ether oxygens (including phenoxy) is 2. The van der Waals surface area contributed by atoms with Crippen LogP contribution in [0, 0.1) is 20.8 Å². The van der Waals surface area contributed by atoms with E-state index in [9.17, 15) is 18.0 Å². The predicted molar refractivity (Wildman–Crippen MR) is 107 cm³/mol. The van der Waals surface area contributed by atoms with E-state index in [0.29, 0.717) is 16.9 Å². The van der Waals surface area contributed by atoms with E-state index in [0.717, 1.165) is 11.6 Å². The lowest BCUT2D eigenvalue weighted by atomic mass is 10.1. The van der Waals surface area contributed by atoms with Crippen molar-refractivity contribution in [2.24, 2.45) is 5.14 Å². The standard InChI is InChI=1S/C20H24N2O6S/c1-13-5-4-6-17(9-13)27-8-7-22-19(23)12-28-20(24)16-10-14(2)15(3)18(11-16)29(21,25)26/h4-6,9-11H,7-8,12H2,1-3H3,(H,22,23)(H2,21,25,26). The van der Waals surface area contributed by atoms with E-state index in [-0.39, 0.29) is 23.6 Å². The van der Waals surface area contributed by atoms with Crippen molar-refractivity contribution in [3.8, 4) is 5.75 Å². The molecule has 1 amide bonds. The second-order valence-corrected chi connectivity index (χ2v) is 8.08. The smallest absolute Gasteiger partial charge is 0.338 e. The number of esters is 1. The molecule has 2 rings (SSSR count). The molecule has 0 atom stereocenters. The second kappa shape index (κ2) is 9.53. The molecule has 0 saturated carbocycles. The van der Waals surface area contributed by atoms with E-state index >= 15 is 0 Å². The summed E-state index contributed by atoms with van der Waals surface area (Å²) in [5.41, 5.74) is 2.10. The van der Waals surface area contributed by atoms with Gasteiger partial charge in [0.2, 0.25) is 10.0 Å². The van der Waals surface area contributed by atoms with E-state index in [4.69, 9.17) is 14.6 Å². The van der Waals surface area contributed by atoms with E-state index < -0.39 is 28.5 Å². The van der Waals surface area contributed by atoms with Gasteiger partial charge in [-0.25, -0.2) is 18.4 Å². The number of primary sulfonamides is 1. The molecule has 0 spiro atoms. The molecule has 0 saturated heterocycles. The molecular weight excluding hydrogens is 396 g/mol. The minimum atomic E-state index is -3.98. The van der Waals surface area contributed by atoms with E-state index in [1.54, 1.807) is 13.8 Å². The normalized spacial score (nSPS) is 11.0. The first-order chi connectivity index (χ1) is 13.6. The molecule has 3 N–H and O–H groups in total. The van der Waals surface area contributed by atoms with Crippen molar-refractivity contribution < 1.29 is 27.5 Å². The molecule has 0 heterocycles. The Morgan fingerprint density at radius 2 is 1.83 bits per heavy atom. The summed E-state index contributed by atoms with van der Waals surface area (Å²) in [5, 5.41) is 7.75. The number of hydrogen-bond donors (Lipinski definition) is 2. The molecule has 2 aromatic rings. The molecule has 0 fully saturated rings. The SMILES string of the molecule is Cc1cccc(OCCNC(=O)COC(=O)c2cc(C)c(C)c(S(N)(=O)=O)c2)c1. The summed E-state index contributed by atoms with van der Waals surface area (Å²) in [6.45, 7) is 5.20. The highest BCUT2D eigenvalue weighted by Crippen LogP contribution is 2.20. The van der Waals surface area contributed by atoms with Crippen molar-refractivity contribution >= 4 is 21.9 Å². The van der Waals surface area contributed by atoms with Crippen LogP contribution in [0.2, 0.25) is 0 Å². The Labute approximate surface area is 170 Å². The quantitative estimate of drug-likeness (QED) is 0.494. The fourth-order valence-electron chi connectivity index (χ4n) is 2.57. The summed E-state index contributed by atoms with van der Waals surface area (Å²) in [5.74, 6) is -0.614. The molecule has 0 aliphatic rings. The fourth-order valence-corrected chi connectivity index (χ4v) is 3.45. The Hall–Kier alpha value is -2.91. The van der Waals surface area contributed by atoms with Crippen LogP contribution >= 0.6 is 0 Å². The number of hydrogen-bond acceptors (Lipinski definition) is 6. The van der Waals surface area contributed by atoms with Gasteiger partial charge in [-0.1, -0.05) is 12.1 Å². The van der Waals surface area contributed by atoms with Gasteiger partial charge < -0.3 is 14.8 Å². The fraction of sp³-hybridized carbons (Fsp3) is 0.300. The van der Waals surface area contributed by atoms with Crippen molar-refractivity contribution in [1.29, 1.82) is 0 Å². The molecule has 9 heteroatoms. The molecule has 0 aromatic heterocycles. The van der Waals surface area contributed by atoms with Crippen molar-refractivity contribution in [3.63, 3.8) is 0 Å². The molecule has 156 valence electrons. The summed E-state index contributed by atoms with van der Waals surface area (Å²) in [4.78, 5) is 23.9. The van der Waals surface area contributed by atoms with Gasteiger partial charge in [0.05, 0.1) is 17.0 Å². The number of nitrogens with two attached hydrogens (primary N) is 1. The summed E-state index contributed by atoms with van der Waals surface area (Å²) in [7, 11) is -3.98. The predicted octanol–water partition coefficient (Wildman–Crippen LogP) is 1.61. The van der Waals surface area contributed by atoms with Crippen molar-refractivity contribution in [2.75, 3.05) is 19.8 Å². The zero-order chi connectivity index (χ0) is 21.6. The topological polar surface area (TPSA) is 125 Å². The molecule has 0 unspecified atom stereocenters. The summed E-state index contributed by atoms with van der Waals surface area (Å²) >= 11 is 0. The van der Waals surface area contributed by atoms with Crippen LogP contribution in [0.5, 0.6) is 5.75 Å². The van der Waals surface area contributed by atoms with Gasteiger partial charge in [-0.05, 0) is 61.7 Å². The third kappa shape index (κ3) is 6.58. The van der Waals surface area contributed by atoms with Gasteiger partial charge >= 0.3 is 5.97 Å². The van der Waals surface area contributed by atoms with Gasteiger partial charge in [-0.15, -0.1) is 0 Å². The molecule has 0 aliphatic heterocycles. The van der Waals surface area contributed by atoms with Gasteiger partial charge in [-0.3, -0.25) is 4.79 Å². The van der Waals surface area contributed by atoms with Gasteiger partial charge in [0, 0.05) is 0 Å². The van der Waals surface area contributed by atoms with Crippen LogP contribution in [-0.2, 0) is 19.6 Å². The maximum Gasteiger partial charge on any atom is 0.338 e. The van der Waals surface area contributed by atoms with Crippen molar-refractivity contribution in [2.45, 2.75) is 25.7 Å². The first-order valence-electron chi connectivity index (χ1n) is 8.85. The molecule has 0 bridgehead atoms. The van der Waals surface area contributed by atoms with E-state index in [1.807, 2.05) is 31.2 Å². The largest absolute Gasteiger partial charge is 0.492 e. The number of carbonyl (C=O) groups is 2. The highest BCUT2D eigenvalue weighted by atomic mass is 32.2. The number of nitrogens with one attached hydrogen (secondary N) is 1. The summed E-state index contributed by atoms with van der Waals surface area (Å²) in [6, 6.07) is 10.1. The lowest BCUT2D eigenvalue weighted by Gasteiger charge is -2.11. The summed E-state index contributed by atoms with van der Waals surface area (Å²) in [6.07, 6.45) is 0. The van der Waals surface area contributed by atoms with Crippen LogP contribution in [0.1, 0.15) is 27.0 Å². The third-order valence-electron chi connectivity index (χ3n) is 4.18. The number of carbonyl (C=O) groups excluding carboxylic acids is 2. The van der Waals surface area contributed by atoms with Crippen LogP contribution < -0.4 is 15.2 Å². The van der Waals surface area contributed by atoms with Crippen LogP contribution in [-0.4, -0.2) is 40.1 Å². The number of benzene rings is 2. The molecule has 2 aromatic carbocycles. The maximum absolute atomic E-state index is 12.2. The van der Waals surface area contributed by atoms with Gasteiger partial charge in [0.15, 0.2) is 6.61 Å². The van der Waals surface area contributed by atoms with Gasteiger partial charge in [-0.2, -0.15) is 0 Å². The molecule has 0 radical (unpaired) electrons. The maximum atomic E-state index is 12.2. The Kier molecular flexibility index (Phi) is 7.35. The Balaban J connectivity index is 1.84. The second-order valence-electron chi connectivity index (χ2n) is 6.55. The zero-order valence-corrected chi connectivity index (χ0v) is 17.3. The Morgan fingerprint density at radius 3 is 2.48 bits per heavy atom. The minimum Gasteiger partial charge on any atom is -0.492 e. The third-order valence-corrected chi connectivity index (χ3v) is 5.22. The number of sulfonamides is 1. The highest BCUT2D eigenvalue weighted by molar-refractivity contribution is 7.89. The number of aryl methyl sites for hydroxylation is 2. The Bertz CT molecular complexity index is 1020.